The molecule has 102 valence electrons. The zero-order valence-corrected chi connectivity index (χ0v) is 13.7. The Morgan fingerprint density at radius 3 is 3.00 bits per heavy atom. The number of nitrogens with zero attached hydrogens (tertiary/aromatic N) is 1. The van der Waals surface area contributed by atoms with Crippen molar-refractivity contribution in [2.24, 2.45) is 11.8 Å². The molecule has 1 fully saturated rings. The number of hydrogen-bond acceptors (Lipinski definition) is 3. The Balaban J connectivity index is 1.81. The van der Waals surface area contributed by atoms with Crippen LogP contribution in [-0.2, 0) is 0 Å². The zero-order valence-electron chi connectivity index (χ0n) is 11.3. The van der Waals surface area contributed by atoms with Crippen molar-refractivity contribution in [1.82, 2.24) is 4.98 Å². The lowest BCUT2D eigenvalue weighted by molar-refractivity contribution is 0.253. The summed E-state index contributed by atoms with van der Waals surface area (Å²) in [4.78, 5) is 4.70. The number of aromatic nitrogens is 1. The number of benzene rings is 1. The van der Waals surface area contributed by atoms with Crippen LogP contribution in [0, 0.1) is 11.8 Å². The van der Waals surface area contributed by atoms with Gasteiger partial charge in [-0.3, -0.25) is 0 Å². The second-order valence-electron chi connectivity index (χ2n) is 5.65. The zero-order chi connectivity index (χ0) is 13.4. The number of rotatable bonds is 2. The molecule has 0 spiro atoms. The van der Waals surface area contributed by atoms with Gasteiger partial charge in [0.15, 0.2) is 5.13 Å². The third-order valence-electron chi connectivity index (χ3n) is 4.37. The predicted molar refractivity (Wildman–Crippen MR) is 86.9 cm³/mol. The molecule has 3 unspecified atom stereocenters. The summed E-state index contributed by atoms with van der Waals surface area (Å²) in [6.07, 6.45) is 3.97. The second kappa shape index (κ2) is 5.41. The van der Waals surface area contributed by atoms with E-state index in [1.807, 2.05) is 0 Å². The molecule has 1 aromatic carbocycles. The lowest BCUT2D eigenvalue weighted by Gasteiger charge is -2.34. The van der Waals surface area contributed by atoms with Crippen molar-refractivity contribution in [3.63, 3.8) is 0 Å². The first-order valence-corrected chi connectivity index (χ1v) is 8.57. The van der Waals surface area contributed by atoms with Crippen LogP contribution in [0.1, 0.15) is 33.1 Å². The summed E-state index contributed by atoms with van der Waals surface area (Å²) in [6, 6.07) is 6.88. The van der Waals surface area contributed by atoms with Crippen LogP contribution in [0.3, 0.4) is 0 Å². The minimum atomic E-state index is 0.577. The third kappa shape index (κ3) is 2.79. The standard InChI is InChI=1S/C15H19BrN2S/c1-9-4-3-5-12(10(9)2)17-15-18-13-8-11(16)6-7-14(13)19-15/h6-10,12H,3-5H2,1-2H3,(H,17,18). The number of halogens is 1. The van der Waals surface area contributed by atoms with Gasteiger partial charge in [0.1, 0.15) is 0 Å². The van der Waals surface area contributed by atoms with Crippen molar-refractivity contribution in [3.05, 3.63) is 22.7 Å². The molecule has 0 aliphatic heterocycles. The Morgan fingerprint density at radius 2 is 2.16 bits per heavy atom. The SMILES string of the molecule is CC1CCCC(Nc2nc3cc(Br)ccc3s2)C1C. The number of anilines is 1. The van der Waals surface area contributed by atoms with Gasteiger partial charge >= 0.3 is 0 Å². The maximum absolute atomic E-state index is 4.70. The molecular formula is C15H19BrN2S. The van der Waals surface area contributed by atoms with Crippen molar-refractivity contribution in [1.29, 1.82) is 0 Å². The topological polar surface area (TPSA) is 24.9 Å². The maximum atomic E-state index is 4.70. The van der Waals surface area contributed by atoms with Crippen LogP contribution in [0.4, 0.5) is 5.13 Å². The Hall–Kier alpha value is -0.610. The van der Waals surface area contributed by atoms with Crippen LogP contribution in [0.15, 0.2) is 22.7 Å². The maximum Gasteiger partial charge on any atom is 0.184 e. The van der Waals surface area contributed by atoms with Gasteiger partial charge < -0.3 is 5.32 Å². The Labute approximate surface area is 126 Å². The molecule has 2 aromatic rings. The largest absolute Gasteiger partial charge is 0.358 e. The van der Waals surface area contributed by atoms with Crippen LogP contribution < -0.4 is 5.32 Å². The molecule has 1 N–H and O–H groups in total. The Morgan fingerprint density at radius 1 is 1.32 bits per heavy atom. The van der Waals surface area contributed by atoms with Crippen molar-refractivity contribution < 1.29 is 0 Å². The highest BCUT2D eigenvalue weighted by Gasteiger charge is 2.27. The van der Waals surface area contributed by atoms with Gasteiger partial charge in [-0.15, -0.1) is 0 Å². The van der Waals surface area contributed by atoms with E-state index in [0.29, 0.717) is 6.04 Å². The monoisotopic (exact) mass is 338 g/mol. The molecule has 19 heavy (non-hydrogen) atoms. The number of hydrogen-bond donors (Lipinski definition) is 1. The minimum Gasteiger partial charge on any atom is -0.358 e. The molecule has 0 amide bonds. The Bertz CT molecular complexity index is 581. The quantitative estimate of drug-likeness (QED) is 0.803. The third-order valence-corrected chi connectivity index (χ3v) is 5.83. The van der Waals surface area contributed by atoms with E-state index in [1.54, 1.807) is 11.3 Å². The first-order valence-electron chi connectivity index (χ1n) is 6.96. The molecule has 4 heteroatoms. The highest BCUT2D eigenvalue weighted by molar-refractivity contribution is 9.10. The molecule has 3 rings (SSSR count). The number of thiazole rings is 1. The van der Waals surface area contributed by atoms with E-state index in [2.05, 4.69) is 53.3 Å². The van der Waals surface area contributed by atoms with Gasteiger partial charge in [-0.2, -0.15) is 0 Å². The fourth-order valence-corrected chi connectivity index (χ4v) is 4.16. The van der Waals surface area contributed by atoms with E-state index < -0.39 is 0 Å². The number of nitrogens with one attached hydrogen (secondary N) is 1. The molecule has 0 radical (unpaired) electrons. The fraction of sp³-hybridized carbons (Fsp3) is 0.533. The van der Waals surface area contributed by atoms with E-state index in [-0.39, 0.29) is 0 Å². The molecular weight excluding hydrogens is 320 g/mol. The molecule has 1 saturated carbocycles. The summed E-state index contributed by atoms with van der Waals surface area (Å²) >= 11 is 5.26. The van der Waals surface area contributed by atoms with E-state index in [9.17, 15) is 0 Å². The highest BCUT2D eigenvalue weighted by Crippen LogP contribution is 2.34. The summed E-state index contributed by atoms with van der Waals surface area (Å²) in [5, 5.41) is 4.73. The summed E-state index contributed by atoms with van der Waals surface area (Å²) in [5.41, 5.74) is 1.08. The van der Waals surface area contributed by atoms with E-state index in [1.165, 1.54) is 24.0 Å². The van der Waals surface area contributed by atoms with E-state index in [0.717, 1.165) is 27.0 Å². The molecule has 1 aromatic heterocycles. The lowest BCUT2D eigenvalue weighted by atomic mass is 9.78. The van der Waals surface area contributed by atoms with E-state index >= 15 is 0 Å². The molecule has 1 aliphatic rings. The predicted octanol–water partition coefficient (Wildman–Crippen LogP) is 5.30. The summed E-state index contributed by atoms with van der Waals surface area (Å²) in [7, 11) is 0. The lowest BCUT2D eigenvalue weighted by Crippen LogP contribution is -2.34. The second-order valence-corrected chi connectivity index (χ2v) is 7.60. The van der Waals surface area contributed by atoms with Gasteiger partial charge in [0.2, 0.25) is 0 Å². The van der Waals surface area contributed by atoms with Gasteiger partial charge in [0.25, 0.3) is 0 Å². The fourth-order valence-electron chi connectivity index (χ4n) is 2.91. The minimum absolute atomic E-state index is 0.577. The van der Waals surface area contributed by atoms with Crippen molar-refractivity contribution in [3.8, 4) is 0 Å². The molecule has 2 nitrogen and oxygen atoms in total. The molecule has 1 aliphatic carbocycles. The van der Waals surface area contributed by atoms with Gasteiger partial charge in [0.05, 0.1) is 10.2 Å². The van der Waals surface area contributed by atoms with Crippen molar-refractivity contribution >= 4 is 42.6 Å². The highest BCUT2D eigenvalue weighted by atomic mass is 79.9. The van der Waals surface area contributed by atoms with Crippen LogP contribution in [0.5, 0.6) is 0 Å². The van der Waals surface area contributed by atoms with Gasteiger partial charge in [0, 0.05) is 10.5 Å². The first kappa shape index (κ1) is 13.4. The molecule has 1 heterocycles. The summed E-state index contributed by atoms with van der Waals surface area (Å²) in [5.74, 6) is 1.54. The van der Waals surface area contributed by atoms with Crippen molar-refractivity contribution in [2.45, 2.75) is 39.2 Å². The van der Waals surface area contributed by atoms with Crippen LogP contribution in [0.2, 0.25) is 0 Å². The molecule has 3 atom stereocenters. The van der Waals surface area contributed by atoms with Crippen molar-refractivity contribution in [2.75, 3.05) is 5.32 Å². The van der Waals surface area contributed by atoms with Gasteiger partial charge in [-0.1, -0.05) is 54.0 Å². The average Bonchev–Trinajstić information content (AvgIpc) is 2.76. The molecule has 0 saturated heterocycles. The van der Waals surface area contributed by atoms with Gasteiger partial charge in [-0.25, -0.2) is 4.98 Å². The van der Waals surface area contributed by atoms with E-state index in [4.69, 9.17) is 4.98 Å². The normalized spacial score (nSPS) is 27.6. The van der Waals surface area contributed by atoms with Crippen LogP contribution in [0.25, 0.3) is 10.2 Å². The summed E-state index contributed by atoms with van der Waals surface area (Å²) in [6.45, 7) is 4.74. The van der Waals surface area contributed by atoms with Gasteiger partial charge in [-0.05, 0) is 36.5 Å². The average molecular weight is 339 g/mol. The molecule has 0 bridgehead atoms. The smallest absolute Gasteiger partial charge is 0.184 e. The number of fused-ring (bicyclic) bond motifs is 1. The Kier molecular flexibility index (Phi) is 3.81. The summed E-state index contributed by atoms with van der Waals surface area (Å²) < 4.78 is 2.35. The van der Waals surface area contributed by atoms with Crippen LogP contribution >= 0.6 is 27.3 Å². The van der Waals surface area contributed by atoms with Crippen LogP contribution in [-0.4, -0.2) is 11.0 Å². The first-order chi connectivity index (χ1) is 9.13.